The summed E-state index contributed by atoms with van der Waals surface area (Å²) in [5.41, 5.74) is 2.86. The Morgan fingerprint density at radius 3 is 1.62 bits per heavy atom. The number of aryl methyl sites for hydroxylation is 2. The Hall–Kier alpha value is -0.426. The van der Waals surface area contributed by atoms with Crippen molar-refractivity contribution >= 4 is 16.6 Å². The normalized spacial score (nSPS) is 12.7. The van der Waals surface area contributed by atoms with Crippen molar-refractivity contribution in [3.8, 4) is 0 Å². The van der Waals surface area contributed by atoms with Crippen molar-refractivity contribution < 1.29 is 8.85 Å². The molecule has 0 aromatic heterocycles. The van der Waals surface area contributed by atoms with E-state index >= 15 is 0 Å². The predicted octanol–water partition coefficient (Wildman–Crippen LogP) is 4.86. The van der Waals surface area contributed by atoms with Gasteiger partial charge in [0.05, 0.1) is 0 Å². The predicted molar refractivity (Wildman–Crippen MR) is 97.1 cm³/mol. The van der Waals surface area contributed by atoms with Crippen molar-refractivity contribution in [2.24, 2.45) is 0 Å². The first-order chi connectivity index (χ1) is 9.78. The largest absolute Gasteiger partial charge is 0.420 e. The third kappa shape index (κ3) is 7.40. The fourth-order valence-corrected chi connectivity index (χ4v) is 5.24. The second-order valence-electron chi connectivity index (χ2n) is 6.97. The van der Waals surface area contributed by atoms with Gasteiger partial charge in [-0.2, -0.15) is 0 Å². The zero-order valence-electron chi connectivity index (χ0n) is 14.7. The molecule has 0 bridgehead atoms. The number of rotatable bonds is 9. The zero-order chi connectivity index (χ0) is 15.9. The molecule has 4 heteroatoms. The molecule has 1 aromatic carbocycles. The molecular weight excluding hydrogens is 292 g/mol. The molecule has 0 aliphatic heterocycles. The lowest BCUT2D eigenvalue weighted by Gasteiger charge is -2.22. The van der Waals surface area contributed by atoms with Crippen LogP contribution in [0.15, 0.2) is 24.3 Å². The number of benzene rings is 1. The summed E-state index contributed by atoms with van der Waals surface area (Å²) in [4.78, 5) is 0. The first kappa shape index (κ1) is 18.6. The zero-order valence-corrected chi connectivity index (χ0v) is 16.7. The molecule has 0 saturated heterocycles. The van der Waals surface area contributed by atoms with Crippen molar-refractivity contribution in [3.05, 3.63) is 35.4 Å². The summed E-state index contributed by atoms with van der Waals surface area (Å²) in [7, 11) is -1.04. The van der Waals surface area contributed by atoms with Gasteiger partial charge in [-0.15, -0.1) is 0 Å². The van der Waals surface area contributed by atoms with Crippen LogP contribution in [0.25, 0.3) is 0 Å². The van der Waals surface area contributed by atoms with Crippen molar-refractivity contribution in [2.75, 3.05) is 13.7 Å². The maximum atomic E-state index is 5.89. The second kappa shape index (κ2) is 8.27. The fraction of sp³-hybridized carbons (Fsp3) is 0.647. The average molecular weight is 325 g/mol. The van der Waals surface area contributed by atoms with E-state index < -0.39 is 16.6 Å². The van der Waals surface area contributed by atoms with E-state index in [1.165, 1.54) is 23.2 Å². The first-order valence-corrected chi connectivity index (χ1v) is 14.3. The highest BCUT2D eigenvalue weighted by Gasteiger charge is 2.21. The second-order valence-corrected chi connectivity index (χ2v) is 15.7. The molecule has 21 heavy (non-hydrogen) atoms. The smallest absolute Gasteiger partial charge is 0.187 e. The van der Waals surface area contributed by atoms with Gasteiger partial charge in [0.2, 0.25) is 0 Å². The molecule has 0 unspecified atom stereocenters. The van der Waals surface area contributed by atoms with Crippen LogP contribution in [0.1, 0.15) is 18.1 Å². The fourth-order valence-electron chi connectivity index (χ4n) is 2.33. The van der Waals surface area contributed by atoms with Crippen LogP contribution in [0, 0.1) is 0 Å². The van der Waals surface area contributed by atoms with Gasteiger partial charge in [0.1, 0.15) is 0 Å². The minimum absolute atomic E-state index is 0.845. The Morgan fingerprint density at radius 2 is 1.24 bits per heavy atom. The molecule has 0 spiro atoms. The molecule has 0 heterocycles. The summed E-state index contributed by atoms with van der Waals surface area (Å²) in [6, 6.07) is 11.5. The van der Waals surface area contributed by atoms with Crippen LogP contribution in [0.3, 0.4) is 0 Å². The Morgan fingerprint density at radius 1 is 0.810 bits per heavy atom. The van der Waals surface area contributed by atoms with Crippen molar-refractivity contribution in [2.45, 2.75) is 58.0 Å². The van der Waals surface area contributed by atoms with E-state index in [1.807, 2.05) is 7.11 Å². The highest BCUT2D eigenvalue weighted by molar-refractivity contribution is 6.71. The molecule has 1 rings (SSSR count). The molecule has 2 nitrogen and oxygen atoms in total. The molecular formula is C17H32O2Si2. The van der Waals surface area contributed by atoms with Gasteiger partial charge in [0.25, 0.3) is 0 Å². The molecule has 0 amide bonds. The monoisotopic (exact) mass is 324 g/mol. The van der Waals surface area contributed by atoms with Gasteiger partial charge in [-0.1, -0.05) is 24.3 Å². The quantitative estimate of drug-likeness (QED) is 0.604. The summed E-state index contributed by atoms with van der Waals surface area (Å²) in [5, 5.41) is 0. The standard InChI is InChI=1S/C17H32O2Si2/c1-7-19-21(5,6)15-13-17-10-8-16(9-11-17)12-14-20(3,4)18-2/h8-11H,7,12-15H2,1-6H3. The SMILES string of the molecule is CCO[Si](C)(C)CCc1ccc(CC[Si](C)(C)OC)cc1. The van der Waals surface area contributed by atoms with Gasteiger partial charge in [0, 0.05) is 13.7 Å². The van der Waals surface area contributed by atoms with Gasteiger partial charge < -0.3 is 8.85 Å². The summed E-state index contributed by atoms with van der Waals surface area (Å²) in [6.45, 7) is 12.1. The van der Waals surface area contributed by atoms with E-state index in [2.05, 4.69) is 57.4 Å². The van der Waals surface area contributed by atoms with E-state index in [-0.39, 0.29) is 0 Å². The van der Waals surface area contributed by atoms with E-state index in [9.17, 15) is 0 Å². The van der Waals surface area contributed by atoms with E-state index in [4.69, 9.17) is 8.85 Å². The molecule has 120 valence electrons. The van der Waals surface area contributed by atoms with Crippen molar-refractivity contribution in [1.82, 2.24) is 0 Å². The molecule has 0 N–H and O–H groups in total. The van der Waals surface area contributed by atoms with Crippen LogP contribution in [-0.2, 0) is 21.7 Å². The Bertz CT molecular complexity index is 413. The van der Waals surface area contributed by atoms with Crippen LogP contribution in [0.4, 0.5) is 0 Å². The van der Waals surface area contributed by atoms with Crippen LogP contribution < -0.4 is 0 Å². The summed E-state index contributed by atoms with van der Waals surface area (Å²) < 4.78 is 11.5. The van der Waals surface area contributed by atoms with Gasteiger partial charge in [-0.05, 0) is 69.2 Å². The Kier molecular flexibility index (Phi) is 7.33. The van der Waals surface area contributed by atoms with E-state index in [0.717, 1.165) is 19.4 Å². The molecule has 0 atom stereocenters. The molecule has 0 saturated carbocycles. The molecule has 0 fully saturated rings. The minimum atomic E-state index is -1.46. The lowest BCUT2D eigenvalue weighted by atomic mass is 10.1. The lowest BCUT2D eigenvalue weighted by molar-refractivity contribution is 0.329. The summed E-state index contributed by atoms with van der Waals surface area (Å²) in [5.74, 6) is 0. The highest BCUT2D eigenvalue weighted by atomic mass is 28.4. The van der Waals surface area contributed by atoms with Crippen LogP contribution in [-0.4, -0.2) is 30.4 Å². The van der Waals surface area contributed by atoms with E-state index in [0.29, 0.717) is 0 Å². The third-order valence-corrected chi connectivity index (χ3v) is 9.23. The van der Waals surface area contributed by atoms with Gasteiger partial charge in [-0.3, -0.25) is 0 Å². The molecule has 0 aliphatic carbocycles. The topological polar surface area (TPSA) is 18.5 Å². The van der Waals surface area contributed by atoms with E-state index in [1.54, 1.807) is 0 Å². The molecule has 1 aromatic rings. The number of hydrogen-bond donors (Lipinski definition) is 0. The van der Waals surface area contributed by atoms with Gasteiger partial charge >= 0.3 is 0 Å². The molecule has 0 radical (unpaired) electrons. The summed E-state index contributed by atoms with van der Waals surface area (Å²) >= 11 is 0. The summed E-state index contributed by atoms with van der Waals surface area (Å²) in [6.07, 6.45) is 2.27. The van der Waals surface area contributed by atoms with Gasteiger partial charge in [-0.25, -0.2) is 0 Å². The maximum absolute atomic E-state index is 5.89. The Labute approximate surface area is 133 Å². The Balaban J connectivity index is 2.47. The van der Waals surface area contributed by atoms with Crippen LogP contribution in [0.5, 0.6) is 0 Å². The van der Waals surface area contributed by atoms with Crippen molar-refractivity contribution in [1.29, 1.82) is 0 Å². The van der Waals surface area contributed by atoms with Crippen molar-refractivity contribution in [3.63, 3.8) is 0 Å². The maximum Gasteiger partial charge on any atom is 0.187 e. The minimum Gasteiger partial charge on any atom is -0.420 e. The highest BCUT2D eigenvalue weighted by Crippen LogP contribution is 2.18. The van der Waals surface area contributed by atoms with Crippen LogP contribution >= 0.6 is 0 Å². The first-order valence-electron chi connectivity index (χ1n) is 8.05. The lowest BCUT2D eigenvalue weighted by Crippen LogP contribution is -2.30. The number of hydrogen-bond acceptors (Lipinski definition) is 2. The average Bonchev–Trinajstić information content (AvgIpc) is 2.44. The van der Waals surface area contributed by atoms with Crippen LogP contribution in [0.2, 0.25) is 38.3 Å². The molecule has 0 aliphatic rings. The third-order valence-electron chi connectivity index (χ3n) is 4.14. The van der Waals surface area contributed by atoms with Gasteiger partial charge in [0.15, 0.2) is 16.6 Å².